The van der Waals surface area contributed by atoms with Crippen molar-refractivity contribution >= 4 is 26.7 Å². The maximum Gasteiger partial charge on any atom is 0.263 e. The van der Waals surface area contributed by atoms with Crippen LogP contribution in [0.25, 0.3) is 0 Å². The van der Waals surface area contributed by atoms with E-state index in [0.717, 1.165) is 30.1 Å². The number of aromatic nitrogens is 2. The molecule has 1 aromatic heterocycles. The molecule has 2 aromatic carbocycles. The van der Waals surface area contributed by atoms with Gasteiger partial charge in [0.15, 0.2) is 0 Å². The summed E-state index contributed by atoms with van der Waals surface area (Å²) in [5.74, 6) is 0.606. The molecule has 3 heterocycles. The lowest BCUT2D eigenvalue weighted by Crippen LogP contribution is -2.43. The first-order valence-corrected chi connectivity index (χ1v) is 12.3. The van der Waals surface area contributed by atoms with Gasteiger partial charge in [0.25, 0.3) is 10.0 Å². The number of nitrogens with zero attached hydrogens (tertiary/aromatic N) is 3. The summed E-state index contributed by atoms with van der Waals surface area (Å²) in [4.78, 5) is 6.49. The number of ether oxygens (including phenoxy) is 2. The van der Waals surface area contributed by atoms with E-state index in [2.05, 4.69) is 31.1 Å². The van der Waals surface area contributed by atoms with Crippen LogP contribution in [0.3, 0.4) is 0 Å². The predicted octanol–water partition coefficient (Wildman–Crippen LogP) is 3.24. The van der Waals surface area contributed by atoms with Crippen molar-refractivity contribution in [3.63, 3.8) is 0 Å². The van der Waals surface area contributed by atoms with E-state index in [-0.39, 0.29) is 22.1 Å². The van der Waals surface area contributed by atoms with Gasteiger partial charge in [-0.1, -0.05) is 36.4 Å². The minimum Gasteiger partial charge on any atom is -0.493 e. The normalized spacial score (nSPS) is 21.8. The molecule has 0 aliphatic carbocycles. The summed E-state index contributed by atoms with van der Waals surface area (Å²) in [6, 6.07) is 15.7. The molecule has 3 aromatic rings. The minimum absolute atomic E-state index is 0.130. The van der Waals surface area contributed by atoms with Gasteiger partial charge in [0, 0.05) is 42.2 Å². The highest BCUT2D eigenvalue weighted by molar-refractivity contribution is 7.93. The van der Waals surface area contributed by atoms with Crippen molar-refractivity contribution < 1.29 is 17.9 Å². The van der Waals surface area contributed by atoms with Crippen LogP contribution >= 0.6 is 11.5 Å². The molecule has 1 saturated heterocycles. The van der Waals surface area contributed by atoms with Crippen LogP contribution in [0, 0.1) is 0 Å². The molecule has 31 heavy (non-hydrogen) atoms. The SMILES string of the molecule is O=S(=O)(Nc1ncns1)c1ccc2c(c1)OCCC2N1CCOCC1c1ccccc1. The zero-order valence-corrected chi connectivity index (χ0v) is 18.3. The van der Waals surface area contributed by atoms with Crippen molar-refractivity contribution in [1.29, 1.82) is 0 Å². The number of nitrogens with one attached hydrogen (secondary N) is 1. The highest BCUT2D eigenvalue weighted by atomic mass is 32.2. The number of sulfonamides is 1. The number of benzene rings is 2. The predicted molar refractivity (Wildman–Crippen MR) is 117 cm³/mol. The second-order valence-corrected chi connectivity index (χ2v) is 9.91. The van der Waals surface area contributed by atoms with Gasteiger partial charge >= 0.3 is 0 Å². The first kappa shape index (κ1) is 20.4. The third-order valence-electron chi connectivity index (χ3n) is 5.64. The van der Waals surface area contributed by atoms with E-state index in [0.29, 0.717) is 25.6 Å². The van der Waals surface area contributed by atoms with Gasteiger partial charge in [0.05, 0.1) is 30.8 Å². The Labute approximate surface area is 185 Å². The minimum atomic E-state index is -3.77. The van der Waals surface area contributed by atoms with Gasteiger partial charge in [0.1, 0.15) is 12.1 Å². The number of hydrogen-bond acceptors (Lipinski definition) is 8. The molecule has 2 aliphatic rings. The Bertz CT molecular complexity index is 1140. The molecule has 0 radical (unpaired) electrons. The number of anilines is 1. The van der Waals surface area contributed by atoms with E-state index in [1.54, 1.807) is 12.1 Å². The summed E-state index contributed by atoms with van der Waals surface area (Å²) in [5, 5.41) is 0.232. The van der Waals surface area contributed by atoms with E-state index < -0.39 is 10.0 Å². The molecule has 1 fully saturated rings. The van der Waals surface area contributed by atoms with Crippen molar-refractivity contribution in [1.82, 2.24) is 14.3 Å². The molecule has 10 heteroatoms. The molecule has 0 bridgehead atoms. The fourth-order valence-corrected chi connectivity index (χ4v) is 5.88. The van der Waals surface area contributed by atoms with Crippen LogP contribution in [0.5, 0.6) is 5.75 Å². The van der Waals surface area contributed by atoms with Crippen LogP contribution in [-0.2, 0) is 14.8 Å². The lowest BCUT2D eigenvalue weighted by molar-refractivity contribution is -0.0385. The summed E-state index contributed by atoms with van der Waals surface area (Å²) in [6.07, 6.45) is 2.15. The van der Waals surface area contributed by atoms with Crippen molar-refractivity contribution in [3.05, 3.63) is 66.0 Å². The van der Waals surface area contributed by atoms with Crippen LogP contribution in [0.4, 0.5) is 5.13 Å². The fourth-order valence-electron chi connectivity index (χ4n) is 4.21. The van der Waals surface area contributed by atoms with E-state index in [1.807, 2.05) is 24.3 Å². The molecule has 0 amide bonds. The molecule has 0 spiro atoms. The van der Waals surface area contributed by atoms with Crippen LogP contribution < -0.4 is 9.46 Å². The molecular weight excluding hydrogens is 436 g/mol. The van der Waals surface area contributed by atoms with Crippen LogP contribution in [-0.4, -0.2) is 49.0 Å². The Morgan fingerprint density at radius 2 is 1.97 bits per heavy atom. The number of hydrogen-bond donors (Lipinski definition) is 1. The smallest absolute Gasteiger partial charge is 0.263 e. The van der Waals surface area contributed by atoms with Crippen molar-refractivity contribution in [3.8, 4) is 5.75 Å². The summed E-state index contributed by atoms with van der Waals surface area (Å²) in [6.45, 7) is 2.65. The maximum absolute atomic E-state index is 12.8. The van der Waals surface area contributed by atoms with Gasteiger partial charge < -0.3 is 9.47 Å². The quantitative estimate of drug-likeness (QED) is 0.627. The number of morpholine rings is 1. The van der Waals surface area contributed by atoms with Gasteiger partial charge in [-0.15, -0.1) is 0 Å². The Balaban J connectivity index is 1.45. The third-order valence-corrected chi connectivity index (χ3v) is 7.69. The molecule has 0 saturated carbocycles. The third kappa shape index (κ3) is 4.16. The standard InChI is InChI=1S/C21H22N4O4S2/c26-31(27,24-21-22-14-23-30-21)16-6-7-17-18(8-10-29-20(17)12-16)25-9-11-28-13-19(25)15-4-2-1-3-5-15/h1-7,12,14,18-19H,8-11,13H2,(H,22,23,24). The molecule has 162 valence electrons. The first-order chi connectivity index (χ1) is 15.1. The van der Waals surface area contributed by atoms with E-state index in [9.17, 15) is 8.42 Å². The Morgan fingerprint density at radius 3 is 2.77 bits per heavy atom. The Morgan fingerprint density at radius 1 is 1.10 bits per heavy atom. The summed E-state index contributed by atoms with van der Waals surface area (Å²) >= 11 is 0.989. The first-order valence-electron chi connectivity index (χ1n) is 10.1. The van der Waals surface area contributed by atoms with E-state index in [1.165, 1.54) is 11.9 Å². The summed E-state index contributed by atoms with van der Waals surface area (Å²) in [7, 11) is -3.77. The van der Waals surface area contributed by atoms with Crippen LogP contribution in [0.15, 0.2) is 59.8 Å². The highest BCUT2D eigenvalue weighted by Gasteiger charge is 2.35. The number of fused-ring (bicyclic) bond motifs is 1. The largest absolute Gasteiger partial charge is 0.493 e. The van der Waals surface area contributed by atoms with Gasteiger partial charge in [-0.05, 0) is 11.6 Å². The highest BCUT2D eigenvalue weighted by Crippen LogP contribution is 2.42. The topological polar surface area (TPSA) is 93.7 Å². The van der Waals surface area contributed by atoms with Crippen molar-refractivity contribution in [2.24, 2.45) is 0 Å². The zero-order chi connectivity index (χ0) is 21.3. The summed E-state index contributed by atoms with van der Waals surface area (Å²) in [5.41, 5.74) is 2.22. The average Bonchev–Trinajstić information content (AvgIpc) is 3.31. The van der Waals surface area contributed by atoms with Crippen molar-refractivity contribution in [2.45, 2.75) is 23.4 Å². The van der Waals surface area contributed by atoms with Gasteiger partial charge in [-0.3, -0.25) is 9.62 Å². The average molecular weight is 459 g/mol. The number of rotatable bonds is 5. The van der Waals surface area contributed by atoms with E-state index in [4.69, 9.17) is 9.47 Å². The molecule has 2 atom stereocenters. The zero-order valence-electron chi connectivity index (χ0n) is 16.7. The summed E-state index contributed by atoms with van der Waals surface area (Å²) < 4.78 is 43.5. The maximum atomic E-state index is 12.8. The van der Waals surface area contributed by atoms with Crippen molar-refractivity contribution in [2.75, 3.05) is 31.1 Å². The van der Waals surface area contributed by atoms with E-state index >= 15 is 0 Å². The lowest BCUT2D eigenvalue weighted by atomic mass is 9.94. The second-order valence-electron chi connectivity index (χ2n) is 7.44. The van der Waals surface area contributed by atoms with Gasteiger partial charge in [0.2, 0.25) is 5.13 Å². The Hall–Kier alpha value is -2.53. The van der Waals surface area contributed by atoms with Crippen LogP contribution in [0.1, 0.15) is 29.6 Å². The van der Waals surface area contributed by atoms with Crippen LogP contribution in [0.2, 0.25) is 0 Å². The molecule has 5 rings (SSSR count). The molecule has 8 nitrogen and oxygen atoms in total. The molecule has 2 unspecified atom stereocenters. The Kier molecular flexibility index (Phi) is 5.61. The fraction of sp³-hybridized carbons (Fsp3) is 0.333. The second kappa shape index (κ2) is 8.54. The molecule has 2 aliphatic heterocycles. The monoisotopic (exact) mass is 458 g/mol. The molecular formula is C21H22N4O4S2. The van der Waals surface area contributed by atoms with Gasteiger partial charge in [-0.2, -0.15) is 4.37 Å². The lowest BCUT2D eigenvalue weighted by Gasteiger charge is -2.43. The molecule has 1 N–H and O–H groups in total. The van der Waals surface area contributed by atoms with Gasteiger partial charge in [-0.25, -0.2) is 13.4 Å².